The summed E-state index contributed by atoms with van der Waals surface area (Å²) in [6.45, 7) is 4.26. The first-order valence-electron chi connectivity index (χ1n) is 8.19. The molecular weight excluding hydrogens is 272 g/mol. The average Bonchev–Trinajstić information content (AvgIpc) is 2.60. The van der Waals surface area contributed by atoms with Gasteiger partial charge in [-0.05, 0) is 49.9 Å². The minimum atomic E-state index is -0.436. The second kappa shape index (κ2) is 5.49. The molecule has 3 nitrogen and oxygen atoms in total. The fraction of sp³-hybridized carbons (Fsp3) is 0.421. The third-order valence-corrected chi connectivity index (χ3v) is 5.41. The number of hydrogen-bond acceptors (Lipinski definition) is 3. The van der Waals surface area contributed by atoms with Gasteiger partial charge in [-0.2, -0.15) is 0 Å². The first-order chi connectivity index (χ1) is 10.8. The summed E-state index contributed by atoms with van der Waals surface area (Å²) in [7, 11) is 0. The zero-order valence-corrected chi connectivity index (χ0v) is 12.9. The summed E-state index contributed by atoms with van der Waals surface area (Å²) < 4.78 is 0. The molecule has 1 aromatic carbocycles. The smallest absolute Gasteiger partial charge is 0.0952 e. The lowest BCUT2D eigenvalue weighted by molar-refractivity contribution is -0.00340. The Balaban J connectivity index is 1.68. The molecule has 1 unspecified atom stereocenters. The van der Waals surface area contributed by atoms with Crippen molar-refractivity contribution < 1.29 is 5.11 Å². The summed E-state index contributed by atoms with van der Waals surface area (Å²) in [4.78, 5) is 6.86. The third kappa shape index (κ3) is 2.16. The van der Waals surface area contributed by atoms with Crippen LogP contribution in [-0.4, -0.2) is 34.1 Å². The number of pyridine rings is 1. The van der Waals surface area contributed by atoms with Crippen LogP contribution in [-0.2, 0) is 0 Å². The summed E-state index contributed by atoms with van der Waals surface area (Å²) in [6.07, 6.45) is 5.95. The van der Waals surface area contributed by atoms with Gasteiger partial charge >= 0.3 is 0 Å². The van der Waals surface area contributed by atoms with E-state index in [2.05, 4.69) is 29.0 Å². The predicted octanol–water partition coefficient (Wildman–Crippen LogP) is 3.31. The molecule has 5 rings (SSSR count). The number of allylic oxidation sites excluding steroid dienone is 1. The van der Waals surface area contributed by atoms with Gasteiger partial charge in [0.25, 0.3) is 0 Å². The molecule has 3 fully saturated rings. The van der Waals surface area contributed by atoms with Crippen molar-refractivity contribution in [3.63, 3.8) is 0 Å². The number of fused-ring (bicyclic) bond motifs is 4. The first kappa shape index (κ1) is 13.9. The van der Waals surface area contributed by atoms with Crippen molar-refractivity contribution in [2.45, 2.75) is 31.9 Å². The first-order valence-corrected chi connectivity index (χ1v) is 8.19. The molecule has 114 valence electrons. The molecule has 22 heavy (non-hydrogen) atoms. The van der Waals surface area contributed by atoms with E-state index < -0.39 is 6.10 Å². The summed E-state index contributed by atoms with van der Waals surface area (Å²) in [5.74, 6) is 0.655. The van der Waals surface area contributed by atoms with Crippen LogP contribution in [0.2, 0.25) is 0 Å². The van der Waals surface area contributed by atoms with E-state index >= 15 is 0 Å². The van der Waals surface area contributed by atoms with Crippen LogP contribution < -0.4 is 0 Å². The second-order valence-electron chi connectivity index (χ2n) is 6.48. The molecule has 0 aliphatic carbocycles. The van der Waals surface area contributed by atoms with Gasteiger partial charge in [0.1, 0.15) is 0 Å². The molecule has 0 radical (unpaired) electrons. The Kier molecular flexibility index (Phi) is 3.47. The summed E-state index contributed by atoms with van der Waals surface area (Å²) in [5, 5.41) is 12.1. The van der Waals surface area contributed by atoms with Gasteiger partial charge in [0.05, 0.1) is 11.6 Å². The number of benzene rings is 1. The lowest BCUT2D eigenvalue weighted by atomic mass is 9.76. The van der Waals surface area contributed by atoms with E-state index in [0.717, 1.165) is 36.0 Å². The maximum Gasteiger partial charge on any atom is 0.0952 e. The van der Waals surface area contributed by atoms with Gasteiger partial charge in [0, 0.05) is 24.2 Å². The molecule has 4 heterocycles. The van der Waals surface area contributed by atoms with Crippen molar-refractivity contribution in [2.75, 3.05) is 13.1 Å². The van der Waals surface area contributed by atoms with Crippen LogP contribution in [0, 0.1) is 5.92 Å². The van der Waals surface area contributed by atoms with E-state index in [0.29, 0.717) is 5.92 Å². The highest BCUT2D eigenvalue weighted by molar-refractivity contribution is 5.82. The Morgan fingerprint density at radius 2 is 2.18 bits per heavy atom. The van der Waals surface area contributed by atoms with Crippen LogP contribution in [0.3, 0.4) is 0 Å². The minimum Gasteiger partial charge on any atom is -0.387 e. The molecule has 3 aliphatic heterocycles. The molecule has 0 amide bonds. The fourth-order valence-corrected chi connectivity index (χ4v) is 4.18. The third-order valence-electron chi connectivity index (χ3n) is 5.41. The van der Waals surface area contributed by atoms with Crippen LogP contribution in [0.15, 0.2) is 48.2 Å². The highest BCUT2D eigenvalue weighted by Gasteiger charge is 2.40. The van der Waals surface area contributed by atoms with Crippen molar-refractivity contribution in [1.82, 2.24) is 9.88 Å². The van der Waals surface area contributed by atoms with Crippen LogP contribution in [0.5, 0.6) is 0 Å². The number of piperidine rings is 3. The monoisotopic (exact) mass is 294 g/mol. The van der Waals surface area contributed by atoms with E-state index in [1.807, 2.05) is 30.5 Å². The van der Waals surface area contributed by atoms with E-state index in [9.17, 15) is 5.11 Å². The van der Waals surface area contributed by atoms with Crippen LogP contribution in [0.4, 0.5) is 0 Å². The number of para-hydroxylation sites is 1. The molecule has 1 aromatic heterocycles. The topological polar surface area (TPSA) is 36.4 Å². The maximum atomic E-state index is 11.0. The van der Waals surface area contributed by atoms with E-state index in [1.54, 1.807) is 5.57 Å². The Morgan fingerprint density at radius 3 is 2.95 bits per heavy atom. The van der Waals surface area contributed by atoms with Crippen LogP contribution in [0.1, 0.15) is 31.4 Å². The number of aliphatic hydroxyl groups excluding tert-OH is 1. The van der Waals surface area contributed by atoms with Crippen molar-refractivity contribution >= 4 is 10.9 Å². The maximum absolute atomic E-state index is 11.0. The molecule has 4 atom stereocenters. The highest BCUT2D eigenvalue weighted by Crippen LogP contribution is 2.41. The molecular formula is C19H22N2O. The van der Waals surface area contributed by atoms with E-state index in [4.69, 9.17) is 0 Å². The fourth-order valence-electron chi connectivity index (χ4n) is 4.18. The van der Waals surface area contributed by atoms with Crippen LogP contribution >= 0.6 is 0 Å². The summed E-state index contributed by atoms with van der Waals surface area (Å²) >= 11 is 0. The lowest BCUT2D eigenvalue weighted by Gasteiger charge is -2.48. The lowest BCUT2D eigenvalue weighted by Crippen LogP contribution is -2.52. The van der Waals surface area contributed by atoms with Crippen LogP contribution in [0.25, 0.3) is 10.9 Å². The molecule has 1 N–H and O–H groups in total. The number of aromatic nitrogens is 1. The van der Waals surface area contributed by atoms with Crippen molar-refractivity contribution in [1.29, 1.82) is 0 Å². The van der Waals surface area contributed by atoms with Crippen molar-refractivity contribution in [2.24, 2.45) is 5.92 Å². The highest BCUT2D eigenvalue weighted by atomic mass is 16.3. The summed E-state index contributed by atoms with van der Waals surface area (Å²) in [5.41, 5.74) is 3.53. The molecule has 3 heteroatoms. The van der Waals surface area contributed by atoms with Gasteiger partial charge < -0.3 is 5.11 Å². The number of hydrogen-bond donors (Lipinski definition) is 1. The molecule has 3 aliphatic rings. The Bertz CT molecular complexity index is 719. The van der Waals surface area contributed by atoms with Crippen molar-refractivity contribution in [3.8, 4) is 0 Å². The second-order valence-corrected chi connectivity index (χ2v) is 6.48. The molecule has 0 spiro atoms. The standard InChI is InChI=1S/C19H22N2O/c1-2-13-12-21-10-8-14(13)11-18(21)19(22)16-7-9-20-17-6-4-3-5-15(16)17/h2-7,9,14,18-19,22H,8,10-12H2,1H3/b13-2-/t14-,18+,19+/m0/s1. The Labute approximate surface area is 131 Å². The summed E-state index contributed by atoms with van der Waals surface area (Å²) in [6, 6.07) is 10.3. The molecule has 2 aromatic rings. The number of rotatable bonds is 2. The van der Waals surface area contributed by atoms with Crippen molar-refractivity contribution in [3.05, 3.63) is 53.7 Å². The zero-order chi connectivity index (χ0) is 15.1. The number of nitrogens with zero attached hydrogens (tertiary/aromatic N) is 2. The Hall–Kier alpha value is -1.71. The number of aliphatic hydroxyl groups is 1. The van der Waals surface area contributed by atoms with Gasteiger partial charge in [-0.3, -0.25) is 9.88 Å². The Morgan fingerprint density at radius 1 is 1.32 bits per heavy atom. The largest absolute Gasteiger partial charge is 0.387 e. The average molecular weight is 294 g/mol. The van der Waals surface area contributed by atoms with Gasteiger partial charge in [-0.25, -0.2) is 0 Å². The molecule has 2 bridgehead atoms. The van der Waals surface area contributed by atoms with Gasteiger partial charge in [-0.1, -0.05) is 29.8 Å². The molecule has 0 saturated carbocycles. The quantitative estimate of drug-likeness (QED) is 0.863. The predicted molar refractivity (Wildman–Crippen MR) is 88.5 cm³/mol. The van der Waals surface area contributed by atoms with E-state index in [-0.39, 0.29) is 6.04 Å². The van der Waals surface area contributed by atoms with Gasteiger partial charge in [-0.15, -0.1) is 0 Å². The molecule has 3 saturated heterocycles. The zero-order valence-electron chi connectivity index (χ0n) is 12.9. The van der Waals surface area contributed by atoms with Gasteiger partial charge in [0.2, 0.25) is 0 Å². The van der Waals surface area contributed by atoms with Gasteiger partial charge in [0.15, 0.2) is 0 Å². The minimum absolute atomic E-state index is 0.230. The van der Waals surface area contributed by atoms with E-state index in [1.165, 1.54) is 6.42 Å². The SMILES string of the molecule is C/C=C1/CN2CC[C@H]1C[C@@H]2[C@H](O)c1ccnc2ccccc12. The normalized spacial score (nSPS) is 30.8.